The number of carbonyl (C=O) groups excluding carboxylic acids is 2. The van der Waals surface area contributed by atoms with Gasteiger partial charge in [-0.1, -0.05) is 23.2 Å². The van der Waals surface area contributed by atoms with Gasteiger partial charge in [-0.15, -0.1) is 11.3 Å². The first kappa shape index (κ1) is 22.3. The molecule has 0 spiro atoms. The van der Waals surface area contributed by atoms with E-state index >= 15 is 0 Å². The molecule has 164 valence electrons. The summed E-state index contributed by atoms with van der Waals surface area (Å²) in [5, 5.41) is 8.56. The van der Waals surface area contributed by atoms with Crippen molar-refractivity contribution < 1.29 is 18.7 Å². The van der Waals surface area contributed by atoms with Crippen molar-refractivity contribution in [3.8, 4) is 5.69 Å². The minimum Gasteiger partial charge on any atom is -0.448 e. The van der Waals surface area contributed by atoms with Crippen LogP contribution in [0.5, 0.6) is 0 Å². The fourth-order valence-corrected chi connectivity index (χ4v) is 4.52. The molecule has 2 heterocycles. The zero-order chi connectivity index (χ0) is 23.0. The number of nitrogens with zero attached hydrogens (tertiary/aromatic N) is 2. The first-order chi connectivity index (χ1) is 15.2. The lowest BCUT2D eigenvalue weighted by Crippen LogP contribution is -2.29. The number of aryl methyl sites for hydroxylation is 1. The summed E-state index contributed by atoms with van der Waals surface area (Å²) in [6, 6.07) is 12.2. The monoisotopic (exact) mass is 491 g/mol. The number of rotatable bonds is 5. The Morgan fingerprint density at radius 2 is 1.88 bits per heavy atom. The molecule has 1 unspecified atom stereocenters. The molecule has 4 aromatic rings. The number of carbonyl (C=O) groups is 2. The molecule has 6 nitrogen and oxygen atoms in total. The largest absolute Gasteiger partial charge is 0.448 e. The molecule has 1 atom stereocenters. The van der Waals surface area contributed by atoms with Crippen LogP contribution in [0.4, 0.5) is 10.1 Å². The number of nitrogens with one attached hydrogen (secondary N) is 1. The Bertz CT molecular complexity index is 1330. The Balaban J connectivity index is 1.51. The lowest BCUT2D eigenvalue weighted by atomic mass is 10.3. The smallest absolute Gasteiger partial charge is 0.349 e. The van der Waals surface area contributed by atoms with Crippen molar-refractivity contribution in [2.24, 2.45) is 0 Å². The summed E-state index contributed by atoms with van der Waals surface area (Å²) in [6.07, 6.45) is -1.06. The Morgan fingerprint density at radius 1 is 1.16 bits per heavy atom. The number of anilines is 1. The maximum atomic E-state index is 13.3. The molecule has 2 aromatic carbocycles. The summed E-state index contributed by atoms with van der Waals surface area (Å²) in [7, 11) is 0. The zero-order valence-corrected chi connectivity index (χ0v) is 19.2. The highest BCUT2D eigenvalue weighted by atomic mass is 35.5. The van der Waals surface area contributed by atoms with E-state index in [0.29, 0.717) is 31.8 Å². The summed E-state index contributed by atoms with van der Waals surface area (Å²) in [6.45, 7) is 3.28. The van der Waals surface area contributed by atoms with E-state index in [-0.39, 0.29) is 10.8 Å². The normalized spacial score (nSPS) is 12.0. The molecule has 0 aliphatic heterocycles. The Morgan fingerprint density at radius 3 is 2.56 bits per heavy atom. The second-order valence-electron chi connectivity index (χ2n) is 6.96. The second kappa shape index (κ2) is 8.90. The van der Waals surface area contributed by atoms with E-state index in [1.165, 1.54) is 36.5 Å². The van der Waals surface area contributed by atoms with E-state index < -0.39 is 18.0 Å². The first-order valence-corrected chi connectivity index (χ1v) is 11.0. The summed E-state index contributed by atoms with van der Waals surface area (Å²) in [4.78, 5) is 26.2. The summed E-state index contributed by atoms with van der Waals surface area (Å²) >= 11 is 13.1. The van der Waals surface area contributed by atoms with E-state index in [1.807, 2.05) is 6.92 Å². The van der Waals surface area contributed by atoms with Crippen LogP contribution in [0.3, 0.4) is 0 Å². The van der Waals surface area contributed by atoms with Crippen LogP contribution < -0.4 is 5.32 Å². The van der Waals surface area contributed by atoms with Crippen molar-refractivity contribution >= 4 is 62.3 Å². The third-order valence-corrected chi connectivity index (χ3v) is 6.30. The maximum absolute atomic E-state index is 13.3. The number of thiophene rings is 1. The van der Waals surface area contributed by atoms with E-state index in [4.69, 9.17) is 27.9 Å². The highest BCUT2D eigenvalue weighted by Gasteiger charge is 2.23. The molecule has 0 aliphatic rings. The third kappa shape index (κ3) is 4.48. The van der Waals surface area contributed by atoms with Crippen molar-refractivity contribution in [3.05, 3.63) is 75.0 Å². The van der Waals surface area contributed by atoms with Crippen molar-refractivity contribution in [3.63, 3.8) is 0 Å². The van der Waals surface area contributed by atoms with Gasteiger partial charge in [0, 0.05) is 10.4 Å². The number of esters is 1. The average Bonchev–Trinajstić information content (AvgIpc) is 3.31. The first-order valence-electron chi connectivity index (χ1n) is 9.45. The molecule has 0 radical (unpaired) electrons. The van der Waals surface area contributed by atoms with Crippen molar-refractivity contribution in [1.82, 2.24) is 9.78 Å². The van der Waals surface area contributed by atoms with Crippen LogP contribution in [-0.2, 0) is 9.53 Å². The van der Waals surface area contributed by atoms with Gasteiger partial charge in [0.2, 0.25) is 0 Å². The number of halogens is 3. The highest BCUT2D eigenvalue weighted by Crippen LogP contribution is 2.31. The topological polar surface area (TPSA) is 73.2 Å². The highest BCUT2D eigenvalue weighted by molar-refractivity contribution is 7.20. The van der Waals surface area contributed by atoms with Crippen LogP contribution in [0.2, 0.25) is 10.0 Å². The minimum absolute atomic E-state index is 0.273. The molecule has 0 aliphatic carbocycles. The van der Waals surface area contributed by atoms with Crippen molar-refractivity contribution in [2.45, 2.75) is 20.0 Å². The predicted octanol–water partition coefficient (Wildman–Crippen LogP) is 6.03. The molecule has 0 saturated heterocycles. The third-order valence-electron chi connectivity index (χ3n) is 4.66. The van der Waals surface area contributed by atoms with Gasteiger partial charge in [-0.05, 0) is 62.4 Å². The Labute approximate surface area is 196 Å². The lowest BCUT2D eigenvalue weighted by Gasteiger charge is -2.13. The minimum atomic E-state index is -1.06. The van der Waals surface area contributed by atoms with E-state index in [1.54, 1.807) is 35.0 Å². The van der Waals surface area contributed by atoms with Gasteiger partial charge in [-0.25, -0.2) is 13.9 Å². The number of benzene rings is 2. The van der Waals surface area contributed by atoms with E-state index in [2.05, 4.69) is 10.4 Å². The fourth-order valence-electron chi connectivity index (χ4n) is 3.00. The zero-order valence-electron chi connectivity index (χ0n) is 16.9. The van der Waals surface area contributed by atoms with Crippen LogP contribution in [0.1, 0.15) is 22.3 Å². The van der Waals surface area contributed by atoms with Gasteiger partial charge in [-0.3, -0.25) is 4.79 Å². The van der Waals surface area contributed by atoms with Gasteiger partial charge in [-0.2, -0.15) is 5.10 Å². The number of amides is 1. The summed E-state index contributed by atoms with van der Waals surface area (Å²) in [5.74, 6) is -1.52. The number of fused-ring (bicyclic) bond motifs is 1. The van der Waals surface area contributed by atoms with E-state index in [9.17, 15) is 14.0 Å². The van der Waals surface area contributed by atoms with Gasteiger partial charge < -0.3 is 10.1 Å². The van der Waals surface area contributed by atoms with Gasteiger partial charge >= 0.3 is 5.97 Å². The van der Waals surface area contributed by atoms with Crippen LogP contribution in [0, 0.1) is 12.7 Å². The molecular formula is C22H16Cl2FN3O3S. The molecule has 1 amide bonds. The predicted molar refractivity (Wildman–Crippen MR) is 124 cm³/mol. The molecule has 0 saturated carbocycles. The molecule has 10 heteroatoms. The van der Waals surface area contributed by atoms with Gasteiger partial charge in [0.1, 0.15) is 15.5 Å². The van der Waals surface area contributed by atoms with Crippen LogP contribution in [-0.4, -0.2) is 27.8 Å². The van der Waals surface area contributed by atoms with E-state index in [0.717, 1.165) is 5.39 Å². The molecule has 1 N–H and O–H groups in total. The summed E-state index contributed by atoms with van der Waals surface area (Å²) in [5.41, 5.74) is 1.74. The Kier molecular flexibility index (Phi) is 6.19. The second-order valence-corrected chi connectivity index (χ2v) is 8.84. The van der Waals surface area contributed by atoms with Crippen LogP contribution in [0.15, 0.2) is 48.5 Å². The van der Waals surface area contributed by atoms with Crippen LogP contribution in [0.25, 0.3) is 15.9 Å². The molecule has 32 heavy (non-hydrogen) atoms. The van der Waals surface area contributed by atoms with Crippen molar-refractivity contribution in [1.29, 1.82) is 0 Å². The van der Waals surface area contributed by atoms with Gasteiger partial charge in [0.05, 0.1) is 22.1 Å². The average molecular weight is 492 g/mol. The molecule has 2 aromatic heterocycles. The van der Waals surface area contributed by atoms with Crippen LogP contribution >= 0.6 is 34.5 Å². The lowest BCUT2D eigenvalue weighted by molar-refractivity contribution is -0.123. The SMILES string of the molecule is Cc1nn(-c2ccc(F)cc2)c2sc(C(=O)OC(C)C(=O)Nc3ccc(Cl)cc3Cl)cc12. The maximum Gasteiger partial charge on any atom is 0.349 e. The number of ether oxygens (including phenoxy) is 1. The number of hydrogen-bond donors (Lipinski definition) is 1. The van der Waals surface area contributed by atoms with Gasteiger partial charge in [0.15, 0.2) is 6.10 Å². The standard InChI is InChI=1S/C22H16Cl2FN3O3S/c1-11-16-10-19(32-21(16)28(27-11)15-6-4-14(25)5-7-15)22(30)31-12(2)20(29)26-18-8-3-13(23)9-17(18)24/h3-10,12H,1-2H3,(H,26,29). The number of aromatic nitrogens is 2. The quantitative estimate of drug-likeness (QED) is 0.346. The number of hydrogen-bond acceptors (Lipinski definition) is 5. The fraction of sp³-hybridized carbons (Fsp3) is 0.136. The summed E-state index contributed by atoms with van der Waals surface area (Å²) < 4.78 is 20.2. The van der Waals surface area contributed by atoms with Gasteiger partial charge in [0.25, 0.3) is 5.91 Å². The molecule has 4 rings (SSSR count). The van der Waals surface area contributed by atoms with Crippen molar-refractivity contribution in [2.75, 3.05) is 5.32 Å². The molecular weight excluding hydrogens is 476 g/mol. The Hall–Kier alpha value is -2.94. The molecule has 0 bridgehead atoms. The molecule has 0 fully saturated rings.